The van der Waals surface area contributed by atoms with Crippen LogP contribution in [0.15, 0.2) is 35.7 Å². The van der Waals surface area contributed by atoms with E-state index in [0.29, 0.717) is 6.61 Å². The van der Waals surface area contributed by atoms with Gasteiger partial charge in [0.1, 0.15) is 5.75 Å². The summed E-state index contributed by atoms with van der Waals surface area (Å²) in [4.78, 5) is 1.41. The van der Waals surface area contributed by atoms with Gasteiger partial charge in [0.15, 0.2) is 0 Å². The third-order valence-corrected chi connectivity index (χ3v) is 4.37. The predicted octanol–water partition coefficient (Wildman–Crippen LogP) is 4.54. The number of thiophene rings is 1. The van der Waals surface area contributed by atoms with Crippen LogP contribution in [-0.4, -0.2) is 13.2 Å². The van der Waals surface area contributed by atoms with Crippen molar-refractivity contribution in [2.24, 2.45) is 0 Å². The highest BCUT2D eigenvalue weighted by atomic mass is 32.1. The van der Waals surface area contributed by atoms with Crippen molar-refractivity contribution in [3.8, 4) is 5.75 Å². The van der Waals surface area contributed by atoms with Gasteiger partial charge >= 0.3 is 0 Å². The second-order valence-corrected chi connectivity index (χ2v) is 5.80. The Hall–Kier alpha value is -1.32. The molecule has 0 saturated heterocycles. The molecular weight excluding hydrogens is 266 g/mol. The summed E-state index contributed by atoms with van der Waals surface area (Å²) in [5, 5.41) is 5.82. The zero-order chi connectivity index (χ0) is 14.4. The van der Waals surface area contributed by atoms with Crippen molar-refractivity contribution in [2.45, 2.75) is 33.2 Å². The third kappa shape index (κ3) is 3.62. The van der Waals surface area contributed by atoms with Crippen molar-refractivity contribution in [2.75, 3.05) is 13.2 Å². The van der Waals surface area contributed by atoms with Gasteiger partial charge in [-0.25, -0.2) is 0 Å². The molecule has 0 spiro atoms. The van der Waals surface area contributed by atoms with Crippen molar-refractivity contribution in [3.05, 3.63) is 51.7 Å². The van der Waals surface area contributed by atoms with Crippen molar-refractivity contribution >= 4 is 11.3 Å². The molecule has 0 aliphatic rings. The Bertz CT molecular complexity index is 518. The molecule has 0 aliphatic carbocycles. The highest BCUT2D eigenvalue weighted by Gasteiger charge is 2.16. The average molecular weight is 289 g/mol. The van der Waals surface area contributed by atoms with E-state index < -0.39 is 0 Å². The first-order valence-electron chi connectivity index (χ1n) is 7.26. The van der Waals surface area contributed by atoms with Gasteiger partial charge in [0.25, 0.3) is 0 Å². The maximum atomic E-state index is 5.52. The van der Waals surface area contributed by atoms with Crippen LogP contribution < -0.4 is 10.1 Å². The van der Waals surface area contributed by atoms with Crippen LogP contribution in [0.2, 0.25) is 0 Å². The number of hydrogen-bond donors (Lipinski definition) is 1. The fraction of sp³-hybridized carbons (Fsp3) is 0.412. The van der Waals surface area contributed by atoms with Gasteiger partial charge in [-0.05, 0) is 61.5 Å². The summed E-state index contributed by atoms with van der Waals surface area (Å²) in [6, 6.07) is 10.9. The SMILES string of the molecule is CCCNC(c1ccc(OCC)cc1)c1sccc1C. The van der Waals surface area contributed by atoms with E-state index in [4.69, 9.17) is 4.74 Å². The minimum absolute atomic E-state index is 0.283. The molecule has 0 radical (unpaired) electrons. The molecule has 2 aromatic rings. The quantitative estimate of drug-likeness (QED) is 0.807. The van der Waals surface area contributed by atoms with Crippen LogP contribution >= 0.6 is 11.3 Å². The molecule has 0 aliphatic heterocycles. The van der Waals surface area contributed by atoms with Gasteiger partial charge in [0.05, 0.1) is 12.6 Å². The Morgan fingerprint density at radius 3 is 2.45 bits per heavy atom. The smallest absolute Gasteiger partial charge is 0.119 e. The van der Waals surface area contributed by atoms with E-state index in [0.717, 1.165) is 18.7 Å². The number of rotatable bonds is 7. The summed E-state index contributed by atoms with van der Waals surface area (Å²) >= 11 is 1.82. The Labute approximate surface area is 125 Å². The maximum absolute atomic E-state index is 5.52. The summed E-state index contributed by atoms with van der Waals surface area (Å²) in [7, 11) is 0. The molecular formula is C17H23NOS. The van der Waals surface area contributed by atoms with Gasteiger partial charge in [-0.2, -0.15) is 0 Å². The lowest BCUT2D eigenvalue weighted by Gasteiger charge is -2.19. The standard InChI is InChI=1S/C17H23NOS/c1-4-11-18-16(17-13(3)10-12-20-17)14-6-8-15(9-7-14)19-5-2/h6-10,12,16,18H,4-5,11H2,1-3H3. The van der Waals surface area contributed by atoms with Crippen molar-refractivity contribution in [3.63, 3.8) is 0 Å². The van der Waals surface area contributed by atoms with E-state index in [1.807, 2.05) is 18.3 Å². The second kappa shape index (κ2) is 7.46. The summed E-state index contributed by atoms with van der Waals surface area (Å²) in [5.74, 6) is 0.938. The van der Waals surface area contributed by atoms with E-state index in [-0.39, 0.29) is 6.04 Å². The highest BCUT2D eigenvalue weighted by Crippen LogP contribution is 2.30. The fourth-order valence-electron chi connectivity index (χ4n) is 2.25. The van der Waals surface area contributed by atoms with Crippen LogP contribution in [-0.2, 0) is 0 Å². The van der Waals surface area contributed by atoms with E-state index in [1.54, 1.807) is 0 Å². The number of aryl methyl sites for hydroxylation is 1. The topological polar surface area (TPSA) is 21.3 Å². The number of benzene rings is 1. The van der Waals surface area contributed by atoms with Gasteiger partial charge < -0.3 is 10.1 Å². The van der Waals surface area contributed by atoms with Crippen molar-refractivity contribution in [1.82, 2.24) is 5.32 Å². The molecule has 0 fully saturated rings. The van der Waals surface area contributed by atoms with Gasteiger partial charge in [-0.1, -0.05) is 19.1 Å². The Balaban J connectivity index is 2.24. The largest absolute Gasteiger partial charge is 0.494 e. The predicted molar refractivity (Wildman–Crippen MR) is 86.8 cm³/mol. The van der Waals surface area contributed by atoms with Crippen LogP contribution in [0.5, 0.6) is 5.75 Å². The zero-order valence-electron chi connectivity index (χ0n) is 12.5. The van der Waals surface area contributed by atoms with Gasteiger partial charge in [0, 0.05) is 4.88 Å². The molecule has 1 aromatic heterocycles. The Morgan fingerprint density at radius 2 is 1.90 bits per heavy atom. The average Bonchev–Trinajstić information content (AvgIpc) is 2.88. The Kier molecular flexibility index (Phi) is 5.62. The van der Waals surface area contributed by atoms with Crippen LogP contribution in [0.25, 0.3) is 0 Å². The number of hydrogen-bond acceptors (Lipinski definition) is 3. The van der Waals surface area contributed by atoms with E-state index in [9.17, 15) is 0 Å². The normalized spacial score (nSPS) is 12.3. The lowest BCUT2D eigenvalue weighted by atomic mass is 10.0. The molecule has 20 heavy (non-hydrogen) atoms. The molecule has 2 rings (SSSR count). The first-order chi connectivity index (χ1) is 9.76. The molecule has 1 heterocycles. The van der Waals surface area contributed by atoms with Gasteiger partial charge in [-0.15, -0.1) is 11.3 Å². The molecule has 1 N–H and O–H groups in total. The zero-order valence-corrected chi connectivity index (χ0v) is 13.3. The van der Waals surface area contributed by atoms with Crippen molar-refractivity contribution < 1.29 is 4.74 Å². The number of nitrogens with one attached hydrogen (secondary N) is 1. The van der Waals surface area contributed by atoms with Crippen LogP contribution in [0, 0.1) is 6.92 Å². The molecule has 0 amide bonds. The van der Waals surface area contributed by atoms with Crippen LogP contribution in [0.1, 0.15) is 42.3 Å². The lowest BCUT2D eigenvalue weighted by molar-refractivity contribution is 0.340. The molecule has 0 bridgehead atoms. The second-order valence-electron chi connectivity index (χ2n) is 4.86. The molecule has 0 saturated carbocycles. The first-order valence-corrected chi connectivity index (χ1v) is 8.14. The maximum Gasteiger partial charge on any atom is 0.119 e. The highest BCUT2D eigenvalue weighted by molar-refractivity contribution is 7.10. The van der Waals surface area contributed by atoms with Crippen molar-refractivity contribution in [1.29, 1.82) is 0 Å². The van der Waals surface area contributed by atoms with Gasteiger partial charge in [0.2, 0.25) is 0 Å². The summed E-state index contributed by atoms with van der Waals surface area (Å²) in [5.41, 5.74) is 2.66. The molecule has 3 heteroatoms. The monoisotopic (exact) mass is 289 g/mol. The minimum Gasteiger partial charge on any atom is -0.494 e. The van der Waals surface area contributed by atoms with E-state index in [1.165, 1.54) is 16.0 Å². The Morgan fingerprint density at radius 1 is 1.15 bits per heavy atom. The van der Waals surface area contributed by atoms with Crippen LogP contribution in [0.4, 0.5) is 0 Å². The fourth-order valence-corrected chi connectivity index (χ4v) is 3.28. The van der Waals surface area contributed by atoms with E-state index in [2.05, 4.69) is 54.9 Å². The molecule has 1 unspecified atom stereocenters. The molecule has 108 valence electrons. The van der Waals surface area contributed by atoms with Gasteiger partial charge in [-0.3, -0.25) is 0 Å². The van der Waals surface area contributed by atoms with E-state index >= 15 is 0 Å². The minimum atomic E-state index is 0.283. The first kappa shape index (κ1) is 15.1. The summed E-state index contributed by atoms with van der Waals surface area (Å²) in [6.07, 6.45) is 1.14. The summed E-state index contributed by atoms with van der Waals surface area (Å²) < 4.78 is 5.52. The lowest BCUT2D eigenvalue weighted by Crippen LogP contribution is -2.22. The summed E-state index contributed by atoms with van der Waals surface area (Å²) in [6.45, 7) is 8.12. The third-order valence-electron chi connectivity index (χ3n) is 3.29. The molecule has 1 aromatic carbocycles. The number of ether oxygens (including phenoxy) is 1. The van der Waals surface area contributed by atoms with Crippen LogP contribution in [0.3, 0.4) is 0 Å². The molecule has 1 atom stereocenters. The molecule has 2 nitrogen and oxygen atoms in total.